The van der Waals surface area contributed by atoms with Crippen LogP contribution in [0.5, 0.6) is 0 Å². The number of carbonyl (C=O) groups excluding carboxylic acids is 1. The highest BCUT2D eigenvalue weighted by Crippen LogP contribution is 2.21. The molecule has 0 radical (unpaired) electrons. The topological polar surface area (TPSA) is 75.3 Å². The second-order valence-electron chi connectivity index (χ2n) is 4.18. The number of hydrogen-bond donors (Lipinski definition) is 2. The van der Waals surface area contributed by atoms with E-state index in [2.05, 4.69) is 10.0 Å². The van der Waals surface area contributed by atoms with Crippen LogP contribution in [0.3, 0.4) is 0 Å². The van der Waals surface area contributed by atoms with Crippen LogP contribution in [0.15, 0.2) is 18.2 Å². The summed E-state index contributed by atoms with van der Waals surface area (Å²) in [4.78, 5) is 11.8. The number of nitrogens with one attached hydrogen (secondary N) is 2. The van der Waals surface area contributed by atoms with E-state index < -0.39 is 10.0 Å². The van der Waals surface area contributed by atoms with E-state index in [-0.39, 0.29) is 10.9 Å². The normalized spacial score (nSPS) is 11.1. The van der Waals surface area contributed by atoms with E-state index in [9.17, 15) is 13.2 Å². The van der Waals surface area contributed by atoms with Crippen molar-refractivity contribution in [1.82, 2.24) is 5.32 Å². The second kappa shape index (κ2) is 6.77. The van der Waals surface area contributed by atoms with Gasteiger partial charge in [0, 0.05) is 12.2 Å². The van der Waals surface area contributed by atoms with Crippen molar-refractivity contribution in [3.05, 3.63) is 28.8 Å². The van der Waals surface area contributed by atoms with Crippen molar-refractivity contribution in [2.75, 3.05) is 17.5 Å². The van der Waals surface area contributed by atoms with E-state index in [1.165, 1.54) is 18.2 Å². The number of rotatable bonds is 6. The Morgan fingerprint density at radius 3 is 2.58 bits per heavy atom. The molecule has 7 heteroatoms. The van der Waals surface area contributed by atoms with Gasteiger partial charge in [0.2, 0.25) is 10.0 Å². The van der Waals surface area contributed by atoms with Crippen LogP contribution in [-0.2, 0) is 10.0 Å². The fourth-order valence-electron chi connectivity index (χ4n) is 1.45. The summed E-state index contributed by atoms with van der Waals surface area (Å²) in [5, 5.41) is 2.96. The number of benzene rings is 1. The minimum atomic E-state index is -3.35. The summed E-state index contributed by atoms with van der Waals surface area (Å²) < 4.78 is 24.4. The van der Waals surface area contributed by atoms with Gasteiger partial charge in [-0.2, -0.15) is 0 Å². The molecule has 0 aliphatic carbocycles. The van der Waals surface area contributed by atoms with Crippen molar-refractivity contribution < 1.29 is 13.2 Å². The Kier molecular flexibility index (Phi) is 5.62. The van der Waals surface area contributed by atoms with Crippen LogP contribution in [0.2, 0.25) is 5.02 Å². The summed E-state index contributed by atoms with van der Waals surface area (Å²) in [5.74, 6) is -0.260. The third-order valence-corrected chi connectivity index (χ3v) is 3.25. The zero-order valence-corrected chi connectivity index (χ0v) is 12.4. The minimum absolute atomic E-state index is 0.211. The second-order valence-corrected chi connectivity index (χ2v) is 6.33. The molecule has 106 valence electrons. The van der Waals surface area contributed by atoms with Gasteiger partial charge in [-0.25, -0.2) is 8.42 Å². The molecule has 0 heterocycles. The molecule has 19 heavy (non-hydrogen) atoms. The quantitative estimate of drug-likeness (QED) is 0.791. The average molecular weight is 305 g/mol. The summed E-state index contributed by atoms with van der Waals surface area (Å²) in [6.45, 7) is 2.62. The van der Waals surface area contributed by atoms with Gasteiger partial charge in [0.05, 0.1) is 16.8 Å². The third-order valence-electron chi connectivity index (χ3n) is 2.33. The molecule has 0 unspecified atom stereocenters. The number of hydrogen-bond acceptors (Lipinski definition) is 3. The monoisotopic (exact) mass is 304 g/mol. The number of sulfonamides is 1. The third kappa shape index (κ3) is 5.48. The van der Waals surface area contributed by atoms with Gasteiger partial charge in [0.15, 0.2) is 0 Å². The number of halogens is 1. The molecule has 0 fully saturated rings. The summed E-state index contributed by atoms with van der Waals surface area (Å²) in [5.41, 5.74) is 0.662. The molecule has 0 aliphatic rings. The summed E-state index contributed by atoms with van der Waals surface area (Å²) in [6, 6.07) is 4.41. The highest BCUT2D eigenvalue weighted by molar-refractivity contribution is 7.92. The molecule has 0 saturated carbocycles. The highest BCUT2D eigenvalue weighted by atomic mass is 35.5. The van der Waals surface area contributed by atoms with Crippen molar-refractivity contribution in [3.63, 3.8) is 0 Å². The lowest BCUT2D eigenvalue weighted by Crippen LogP contribution is -2.24. The summed E-state index contributed by atoms with van der Waals surface area (Å²) in [6.07, 6.45) is 2.94. The van der Waals surface area contributed by atoms with Gasteiger partial charge < -0.3 is 5.32 Å². The molecule has 1 aromatic carbocycles. The van der Waals surface area contributed by atoms with Gasteiger partial charge in [-0.3, -0.25) is 9.52 Å². The largest absolute Gasteiger partial charge is 0.352 e. The minimum Gasteiger partial charge on any atom is -0.352 e. The van der Waals surface area contributed by atoms with E-state index in [4.69, 9.17) is 11.6 Å². The SMILES string of the molecule is CCCCNC(=O)c1ccc(NS(C)(=O)=O)cc1Cl. The van der Waals surface area contributed by atoms with E-state index in [0.717, 1.165) is 19.1 Å². The van der Waals surface area contributed by atoms with Gasteiger partial charge in [0.1, 0.15) is 0 Å². The molecular formula is C12H17ClN2O3S. The summed E-state index contributed by atoms with van der Waals surface area (Å²) in [7, 11) is -3.35. The molecule has 5 nitrogen and oxygen atoms in total. The van der Waals surface area contributed by atoms with Crippen molar-refractivity contribution in [2.45, 2.75) is 19.8 Å². The maximum Gasteiger partial charge on any atom is 0.252 e. The number of amides is 1. The first-order chi connectivity index (χ1) is 8.83. The average Bonchev–Trinajstić information content (AvgIpc) is 2.27. The number of unbranched alkanes of at least 4 members (excludes halogenated alkanes) is 1. The zero-order chi connectivity index (χ0) is 14.5. The molecule has 1 amide bonds. The Hall–Kier alpha value is -1.27. The Morgan fingerprint density at radius 2 is 2.05 bits per heavy atom. The van der Waals surface area contributed by atoms with Crippen molar-refractivity contribution in [2.24, 2.45) is 0 Å². The van der Waals surface area contributed by atoms with Crippen LogP contribution >= 0.6 is 11.6 Å². The van der Waals surface area contributed by atoms with Crippen LogP contribution in [0.25, 0.3) is 0 Å². The lowest BCUT2D eigenvalue weighted by atomic mass is 10.2. The van der Waals surface area contributed by atoms with Crippen LogP contribution < -0.4 is 10.0 Å². The molecule has 0 atom stereocenters. The first-order valence-electron chi connectivity index (χ1n) is 5.89. The van der Waals surface area contributed by atoms with Gasteiger partial charge in [-0.15, -0.1) is 0 Å². The smallest absolute Gasteiger partial charge is 0.252 e. The first kappa shape index (κ1) is 15.8. The summed E-state index contributed by atoms with van der Waals surface area (Å²) >= 11 is 5.97. The first-order valence-corrected chi connectivity index (χ1v) is 8.16. The molecular weight excluding hydrogens is 288 g/mol. The molecule has 0 bridgehead atoms. The van der Waals surface area contributed by atoms with Crippen molar-refractivity contribution in [1.29, 1.82) is 0 Å². The molecule has 1 rings (SSSR count). The predicted octanol–water partition coefficient (Wildman–Crippen LogP) is 2.24. The van der Waals surface area contributed by atoms with E-state index in [1.54, 1.807) is 0 Å². The predicted molar refractivity (Wildman–Crippen MR) is 77.2 cm³/mol. The van der Waals surface area contributed by atoms with E-state index >= 15 is 0 Å². The van der Waals surface area contributed by atoms with Crippen LogP contribution in [0.4, 0.5) is 5.69 Å². The zero-order valence-electron chi connectivity index (χ0n) is 10.9. The van der Waals surface area contributed by atoms with Gasteiger partial charge in [-0.05, 0) is 24.6 Å². The fourth-order valence-corrected chi connectivity index (χ4v) is 2.27. The molecule has 2 N–H and O–H groups in total. The van der Waals surface area contributed by atoms with Crippen molar-refractivity contribution >= 4 is 33.2 Å². The molecule has 0 aromatic heterocycles. The van der Waals surface area contributed by atoms with Gasteiger partial charge >= 0.3 is 0 Å². The Bertz CT molecular complexity index is 558. The fraction of sp³-hybridized carbons (Fsp3) is 0.417. The van der Waals surface area contributed by atoms with Gasteiger partial charge in [-0.1, -0.05) is 24.9 Å². The van der Waals surface area contributed by atoms with Crippen molar-refractivity contribution in [3.8, 4) is 0 Å². The highest BCUT2D eigenvalue weighted by Gasteiger charge is 2.11. The molecule has 0 spiro atoms. The van der Waals surface area contributed by atoms with Crippen LogP contribution in [-0.4, -0.2) is 27.1 Å². The standard InChI is InChI=1S/C12H17ClN2O3S/c1-3-4-7-14-12(16)10-6-5-9(8-11(10)13)15-19(2,17)18/h5-6,8,15H,3-4,7H2,1-2H3,(H,14,16). The van der Waals surface area contributed by atoms with Gasteiger partial charge in [0.25, 0.3) is 5.91 Å². The maximum atomic E-state index is 11.8. The Labute approximate surface area is 118 Å². The molecule has 1 aromatic rings. The van der Waals surface area contributed by atoms with Crippen LogP contribution in [0, 0.1) is 0 Å². The molecule has 0 saturated heterocycles. The van der Waals surface area contributed by atoms with E-state index in [0.29, 0.717) is 17.8 Å². The van der Waals surface area contributed by atoms with E-state index in [1.807, 2.05) is 6.92 Å². The lowest BCUT2D eigenvalue weighted by Gasteiger charge is -2.08. The Morgan fingerprint density at radius 1 is 1.37 bits per heavy atom. The maximum absolute atomic E-state index is 11.8. The number of carbonyl (C=O) groups is 1. The Balaban J connectivity index is 2.79. The molecule has 0 aliphatic heterocycles. The van der Waals surface area contributed by atoms with Crippen LogP contribution in [0.1, 0.15) is 30.1 Å². The lowest BCUT2D eigenvalue weighted by molar-refractivity contribution is 0.0953. The number of anilines is 1.